The smallest absolute Gasteiger partial charge is 0.309 e. The Labute approximate surface area is 127 Å². The fraction of sp³-hybridized carbons (Fsp3) is 0.643. The van der Waals surface area contributed by atoms with Crippen LogP contribution in [0.3, 0.4) is 0 Å². The number of carbonyl (C=O) groups is 2. The van der Waals surface area contributed by atoms with E-state index < -0.39 is 11.9 Å². The summed E-state index contributed by atoms with van der Waals surface area (Å²) in [5, 5.41) is 20.5. The van der Waals surface area contributed by atoms with Crippen LogP contribution in [-0.4, -0.2) is 51.7 Å². The lowest BCUT2D eigenvalue weighted by Gasteiger charge is -2.31. The third-order valence-electron chi connectivity index (χ3n) is 3.79. The molecule has 1 fully saturated rings. The fourth-order valence-electron chi connectivity index (χ4n) is 2.61. The van der Waals surface area contributed by atoms with Gasteiger partial charge in [-0.25, -0.2) is 4.98 Å². The van der Waals surface area contributed by atoms with Crippen molar-refractivity contribution in [2.24, 2.45) is 5.92 Å². The number of rotatable bonds is 6. The summed E-state index contributed by atoms with van der Waals surface area (Å²) < 4.78 is 0. The monoisotopic (exact) mass is 312 g/mol. The second-order valence-corrected chi connectivity index (χ2v) is 6.45. The van der Waals surface area contributed by atoms with Crippen LogP contribution < -0.4 is 0 Å². The molecule has 1 aliphatic heterocycles. The Morgan fingerprint density at radius 1 is 1.43 bits per heavy atom. The van der Waals surface area contributed by atoms with E-state index in [2.05, 4.69) is 16.8 Å². The number of likely N-dealkylation sites (tertiary alicyclic amines) is 1. The summed E-state index contributed by atoms with van der Waals surface area (Å²) in [5.74, 6) is -1.53. The zero-order valence-electron chi connectivity index (χ0n) is 12.0. The molecule has 6 nitrogen and oxygen atoms in total. The first kappa shape index (κ1) is 15.9. The average molecular weight is 312 g/mol. The van der Waals surface area contributed by atoms with Crippen LogP contribution in [0, 0.1) is 5.92 Å². The summed E-state index contributed by atoms with van der Waals surface area (Å²) in [5.41, 5.74) is 0.610. The first-order valence-corrected chi connectivity index (χ1v) is 7.95. The standard InChI is InChI=1S/C14H20N2O4S/c1-9(13-15-11(8-21-13)6-12(17)18)7-16-4-2-10(3-5-16)14(19)20/h8-10H,2-7H2,1H3,(H,17,18)(H,19,20). The number of carboxylic acid groups (broad SMARTS) is 2. The van der Waals surface area contributed by atoms with Crippen molar-refractivity contribution < 1.29 is 19.8 Å². The first-order valence-electron chi connectivity index (χ1n) is 7.07. The van der Waals surface area contributed by atoms with E-state index in [0.717, 1.165) is 24.6 Å². The van der Waals surface area contributed by atoms with E-state index in [-0.39, 0.29) is 18.3 Å². The number of nitrogens with zero attached hydrogens (tertiary/aromatic N) is 2. The van der Waals surface area contributed by atoms with Gasteiger partial charge in [0.2, 0.25) is 0 Å². The third-order valence-corrected chi connectivity index (χ3v) is 4.92. The van der Waals surface area contributed by atoms with Crippen LogP contribution in [0.2, 0.25) is 0 Å². The van der Waals surface area contributed by atoms with Gasteiger partial charge in [0.05, 0.1) is 23.0 Å². The number of piperidine rings is 1. The molecule has 0 radical (unpaired) electrons. The minimum atomic E-state index is -0.866. The zero-order chi connectivity index (χ0) is 15.4. The minimum Gasteiger partial charge on any atom is -0.481 e. The Kier molecular flexibility index (Phi) is 5.30. The maximum atomic E-state index is 10.9. The van der Waals surface area contributed by atoms with Crippen molar-refractivity contribution >= 4 is 23.3 Å². The highest BCUT2D eigenvalue weighted by molar-refractivity contribution is 7.09. The van der Waals surface area contributed by atoms with Crippen LogP contribution in [0.15, 0.2) is 5.38 Å². The van der Waals surface area contributed by atoms with Crippen molar-refractivity contribution in [2.75, 3.05) is 19.6 Å². The number of hydrogen-bond acceptors (Lipinski definition) is 5. The predicted molar refractivity (Wildman–Crippen MR) is 78.7 cm³/mol. The van der Waals surface area contributed by atoms with Crippen molar-refractivity contribution in [3.8, 4) is 0 Å². The van der Waals surface area contributed by atoms with Gasteiger partial charge in [0, 0.05) is 17.8 Å². The summed E-state index contributed by atoms with van der Waals surface area (Å²) in [4.78, 5) is 28.2. The summed E-state index contributed by atoms with van der Waals surface area (Å²) in [7, 11) is 0. The Morgan fingerprint density at radius 2 is 2.10 bits per heavy atom. The molecule has 21 heavy (non-hydrogen) atoms. The molecule has 0 aromatic carbocycles. The van der Waals surface area contributed by atoms with E-state index in [1.165, 1.54) is 11.3 Å². The predicted octanol–water partition coefficient (Wildman–Crippen LogP) is 1.67. The van der Waals surface area contributed by atoms with Crippen molar-refractivity contribution in [2.45, 2.75) is 32.1 Å². The van der Waals surface area contributed by atoms with Crippen LogP contribution in [-0.2, 0) is 16.0 Å². The highest BCUT2D eigenvalue weighted by Crippen LogP contribution is 2.24. The maximum absolute atomic E-state index is 10.9. The Hall–Kier alpha value is -1.47. The van der Waals surface area contributed by atoms with Crippen LogP contribution >= 0.6 is 11.3 Å². The molecular weight excluding hydrogens is 292 g/mol. The lowest BCUT2D eigenvalue weighted by Crippen LogP contribution is -2.38. The van der Waals surface area contributed by atoms with Crippen LogP contribution in [0.1, 0.15) is 36.4 Å². The van der Waals surface area contributed by atoms with Gasteiger partial charge >= 0.3 is 11.9 Å². The number of aromatic nitrogens is 1. The lowest BCUT2D eigenvalue weighted by molar-refractivity contribution is -0.143. The van der Waals surface area contributed by atoms with E-state index in [9.17, 15) is 9.59 Å². The summed E-state index contributed by atoms with van der Waals surface area (Å²) >= 11 is 1.50. The Morgan fingerprint density at radius 3 is 2.67 bits per heavy atom. The van der Waals surface area contributed by atoms with Gasteiger partial charge in [0.1, 0.15) is 0 Å². The third kappa shape index (κ3) is 4.50. The molecule has 1 aromatic rings. The highest BCUT2D eigenvalue weighted by Gasteiger charge is 2.25. The molecule has 1 aliphatic rings. The summed E-state index contributed by atoms with van der Waals surface area (Å²) in [6.07, 6.45) is 1.36. The van der Waals surface area contributed by atoms with E-state index >= 15 is 0 Å². The molecule has 2 rings (SSSR count). The molecule has 2 heterocycles. The van der Waals surface area contributed by atoms with Crippen molar-refractivity contribution in [3.63, 3.8) is 0 Å². The number of carboxylic acids is 2. The molecule has 1 aromatic heterocycles. The molecule has 0 aliphatic carbocycles. The van der Waals surface area contributed by atoms with Gasteiger partial charge in [-0.1, -0.05) is 6.92 Å². The van der Waals surface area contributed by atoms with E-state index in [0.29, 0.717) is 18.5 Å². The normalized spacial score (nSPS) is 18.5. The van der Waals surface area contributed by atoms with Gasteiger partial charge in [0.25, 0.3) is 0 Å². The second kappa shape index (κ2) is 7.00. The van der Waals surface area contributed by atoms with E-state index in [1.54, 1.807) is 5.38 Å². The molecular formula is C14H20N2O4S. The maximum Gasteiger partial charge on any atom is 0.309 e. The summed E-state index contributed by atoms with van der Waals surface area (Å²) in [6, 6.07) is 0. The number of thiazole rings is 1. The number of hydrogen-bond donors (Lipinski definition) is 2. The minimum absolute atomic E-state index is 0.0345. The molecule has 7 heteroatoms. The molecule has 0 bridgehead atoms. The highest BCUT2D eigenvalue weighted by atomic mass is 32.1. The van der Waals surface area contributed by atoms with Gasteiger partial charge in [-0.2, -0.15) is 0 Å². The van der Waals surface area contributed by atoms with Crippen molar-refractivity contribution in [1.29, 1.82) is 0 Å². The van der Waals surface area contributed by atoms with Crippen molar-refractivity contribution in [1.82, 2.24) is 9.88 Å². The molecule has 0 saturated carbocycles. The molecule has 1 atom stereocenters. The van der Waals surface area contributed by atoms with Crippen LogP contribution in [0.5, 0.6) is 0 Å². The van der Waals surface area contributed by atoms with Gasteiger partial charge in [-0.15, -0.1) is 11.3 Å². The molecule has 0 spiro atoms. The van der Waals surface area contributed by atoms with Gasteiger partial charge in [-0.3, -0.25) is 9.59 Å². The van der Waals surface area contributed by atoms with Crippen LogP contribution in [0.25, 0.3) is 0 Å². The largest absolute Gasteiger partial charge is 0.481 e. The molecule has 0 amide bonds. The van der Waals surface area contributed by atoms with E-state index in [4.69, 9.17) is 10.2 Å². The Balaban J connectivity index is 1.84. The molecule has 1 unspecified atom stereocenters. The van der Waals surface area contributed by atoms with Gasteiger partial charge in [0.15, 0.2) is 0 Å². The molecule has 116 valence electrons. The SMILES string of the molecule is CC(CN1CCC(C(=O)O)CC1)c1nc(CC(=O)O)cs1. The van der Waals surface area contributed by atoms with Crippen molar-refractivity contribution in [3.05, 3.63) is 16.1 Å². The molecule has 2 N–H and O–H groups in total. The average Bonchev–Trinajstić information content (AvgIpc) is 2.87. The second-order valence-electron chi connectivity index (χ2n) is 5.56. The van der Waals surface area contributed by atoms with Crippen LogP contribution in [0.4, 0.5) is 0 Å². The van der Waals surface area contributed by atoms with Gasteiger partial charge < -0.3 is 15.1 Å². The quantitative estimate of drug-likeness (QED) is 0.830. The Bertz CT molecular complexity index is 509. The molecule has 1 saturated heterocycles. The lowest BCUT2D eigenvalue weighted by atomic mass is 9.96. The number of aliphatic carboxylic acids is 2. The summed E-state index contributed by atoms with van der Waals surface area (Å²) in [6.45, 7) is 4.52. The first-order chi connectivity index (χ1) is 9.95. The van der Waals surface area contributed by atoms with E-state index in [1.807, 2.05) is 0 Å². The zero-order valence-corrected chi connectivity index (χ0v) is 12.8. The fourth-order valence-corrected chi connectivity index (χ4v) is 3.48. The topological polar surface area (TPSA) is 90.7 Å². The van der Waals surface area contributed by atoms with Gasteiger partial charge in [-0.05, 0) is 25.9 Å².